The number of benzene rings is 3. The third-order valence-corrected chi connectivity index (χ3v) is 8.63. The number of aryl methyl sites for hydroxylation is 1. The average Bonchev–Trinajstić information content (AvgIpc) is 3.01. The van der Waals surface area contributed by atoms with Gasteiger partial charge in [0.1, 0.15) is 0 Å². The van der Waals surface area contributed by atoms with Gasteiger partial charge in [0.05, 0.1) is 12.5 Å². The molecule has 3 aromatic rings. The van der Waals surface area contributed by atoms with E-state index in [1.807, 2.05) is 19.9 Å². The minimum absolute atomic E-state index is 0.0501. The Morgan fingerprint density at radius 2 is 1.43 bits per heavy atom. The summed E-state index contributed by atoms with van der Waals surface area (Å²) in [6, 6.07) is 23.1. The zero-order chi connectivity index (χ0) is 29.6. The number of carboxylic acids is 1. The minimum atomic E-state index is -0.744. The Bertz CT molecular complexity index is 1390. The van der Waals surface area contributed by atoms with E-state index < -0.39 is 5.97 Å². The number of aliphatic carboxylic acids is 1. The SMILES string of the molecule is Cc1ccc(N2CCN(C)CC2)cc1C(=O)N[C@H](C)c1cccc(-c2cccc(N3CCN(CCC(=O)O)CC3)c2)c1. The molecule has 2 saturated heterocycles. The molecule has 42 heavy (non-hydrogen) atoms. The van der Waals surface area contributed by atoms with Crippen molar-refractivity contribution in [3.05, 3.63) is 83.4 Å². The molecule has 2 heterocycles. The van der Waals surface area contributed by atoms with Crippen molar-refractivity contribution in [2.45, 2.75) is 26.3 Å². The Morgan fingerprint density at radius 3 is 2.12 bits per heavy atom. The van der Waals surface area contributed by atoms with Gasteiger partial charge in [0.2, 0.25) is 0 Å². The Morgan fingerprint density at radius 1 is 0.810 bits per heavy atom. The Balaban J connectivity index is 1.24. The van der Waals surface area contributed by atoms with Crippen LogP contribution in [-0.4, -0.2) is 92.7 Å². The molecule has 0 spiro atoms. The fraction of sp³-hybridized carbons (Fsp3) is 0.412. The summed E-state index contributed by atoms with van der Waals surface area (Å²) in [5.41, 5.74) is 7.30. The lowest BCUT2D eigenvalue weighted by molar-refractivity contribution is -0.137. The number of carbonyl (C=O) groups is 2. The second kappa shape index (κ2) is 13.4. The second-order valence-electron chi connectivity index (χ2n) is 11.6. The number of carboxylic acid groups (broad SMARTS) is 1. The van der Waals surface area contributed by atoms with Gasteiger partial charge in [-0.25, -0.2) is 0 Å². The fourth-order valence-electron chi connectivity index (χ4n) is 5.83. The number of hydrogen-bond donors (Lipinski definition) is 2. The van der Waals surface area contributed by atoms with Crippen molar-refractivity contribution in [3.63, 3.8) is 0 Å². The molecule has 0 saturated carbocycles. The smallest absolute Gasteiger partial charge is 0.304 e. The molecule has 0 aliphatic carbocycles. The van der Waals surface area contributed by atoms with E-state index in [1.54, 1.807) is 0 Å². The second-order valence-corrected chi connectivity index (χ2v) is 11.6. The monoisotopic (exact) mass is 569 g/mol. The summed E-state index contributed by atoms with van der Waals surface area (Å²) in [4.78, 5) is 33.6. The lowest BCUT2D eigenvalue weighted by atomic mass is 9.99. The number of piperazine rings is 2. The molecule has 3 aromatic carbocycles. The quantitative estimate of drug-likeness (QED) is 0.393. The van der Waals surface area contributed by atoms with Crippen LogP contribution in [0.5, 0.6) is 0 Å². The molecule has 2 N–H and O–H groups in total. The van der Waals surface area contributed by atoms with Gasteiger partial charge in [-0.1, -0.05) is 36.4 Å². The summed E-state index contributed by atoms with van der Waals surface area (Å²) in [5.74, 6) is -0.794. The summed E-state index contributed by atoms with van der Waals surface area (Å²) in [5, 5.41) is 12.2. The van der Waals surface area contributed by atoms with Gasteiger partial charge in [-0.15, -0.1) is 0 Å². The highest BCUT2D eigenvalue weighted by Gasteiger charge is 2.20. The van der Waals surface area contributed by atoms with Crippen LogP contribution in [0.3, 0.4) is 0 Å². The van der Waals surface area contributed by atoms with Crippen molar-refractivity contribution in [2.24, 2.45) is 0 Å². The van der Waals surface area contributed by atoms with Crippen LogP contribution in [0.15, 0.2) is 66.7 Å². The van der Waals surface area contributed by atoms with Crippen molar-refractivity contribution < 1.29 is 14.7 Å². The number of nitrogens with zero attached hydrogens (tertiary/aromatic N) is 4. The highest BCUT2D eigenvalue weighted by Crippen LogP contribution is 2.28. The van der Waals surface area contributed by atoms with Crippen molar-refractivity contribution in [1.29, 1.82) is 0 Å². The summed E-state index contributed by atoms with van der Waals surface area (Å²) >= 11 is 0. The van der Waals surface area contributed by atoms with E-state index in [1.165, 1.54) is 5.69 Å². The zero-order valence-electron chi connectivity index (χ0n) is 25.1. The van der Waals surface area contributed by atoms with Gasteiger partial charge in [0, 0.05) is 75.8 Å². The Labute approximate surface area is 249 Å². The Hall–Kier alpha value is -3.88. The highest BCUT2D eigenvalue weighted by molar-refractivity contribution is 5.97. The molecule has 0 aromatic heterocycles. The number of nitrogens with one attached hydrogen (secondary N) is 1. The van der Waals surface area contributed by atoms with Gasteiger partial charge in [-0.05, 0) is 73.5 Å². The van der Waals surface area contributed by atoms with Crippen molar-refractivity contribution in [1.82, 2.24) is 15.1 Å². The predicted molar refractivity (Wildman–Crippen MR) is 170 cm³/mol. The van der Waals surface area contributed by atoms with Crippen molar-refractivity contribution in [2.75, 3.05) is 75.8 Å². The summed E-state index contributed by atoms with van der Waals surface area (Å²) in [6.07, 6.45) is 0.188. The third kappa shape index (κ3) is 7.30. The molecular weight excluding hydrogens is 526 g/mol. The number of hydrogen-bond acceptors (Lipinski definition) is 6. The van der Waals surface area contributed by atoms with E-state index in [9.17, 15) is 9.59 Å². The van der Waals surface area contributed by atoms with Crippen LogP contribution in [0.2, 0.25) is 0 Å². The summed E-state index contributed by atoms with van der Waals surface area (Å²) in [7, 11) is 2.15. The predicted octanol–water partition coefficient (Wildman–Crippen LogP) is 4.50. The topological polar surface area (TPSA) is 79.4 Å². The first-order valence-corrected chi connectivity index (χ1v) is 15.0. The van der Waals surface area contributed by atoms with Gasteiger partial charge in [-0.2, -0.15) is 0 Å². The van der Waals surface area contributed by atoms with Crippen LogP contribution >= 0.6 is 0 Å². The first kappa shape index (κ1) is 29.6. The number of rotatable bonds is 9. The van der Waals surface area contributed by atoms with Gasteiger partial charge in [-0.3, -0.25) is 14.5 Å². The van der Waals surface area contributed by atoms with E-state index in [0.29, 0.717) is 6.54 Å². The maximum absolute atomic E-state index is 13.4. The molecular formula is C34H43N5O3. The molecule has 2 aliphatic heterocycles. The van der Waals surface area contributed by atoms with E-state index in [4.69, 9.17) is 5.11 Å². The van der Waals surface area contributed by atoms with E-state index >= 15 is 0 Å². The average molecular weight is 570 g/mol. The molecule has 1 atom stereocenters. The van der Waals surface area contributed by atoms with Crippen LogP contribution < -0.4 is 15.1 Å². The van der Waals surface area contributed by atoms with Crippen LogP contribution in [-0.2, 0) is 4.79 Å². The molecule has 0 unspecified atom stereocenters. The molecule has 2 aliphatic rings. The summed E-state index contributed by atoms with van der Waals surface area (Å²) in [6.45, 7) is 12.1. The molecule has 1 amide bonds. The fourth-order valence-corrected chi connectivity index (χ4v) is 5.83. The van der Waals surface area contributed by atoms with Gasteiger partial charge < -0.3 is 25.1 Å². The third-order valence-electron chi connectivity index (χ3n) is 8.63. The van der Waals surface area contributed by atoms with Crippen molar-refractivity contribution in [3.8, 4) is 11.1 Å². The van der Waals surface area contributed by atoms with Gasteiger partial charge in [0.25, 0.3) is 5.91 Å². The molecule has 8 heteroatoms. The number of amides is 1. The largest absolute Gasteiger partial charge is 0.481 e. The number of likely N-dealkylation sites (N-methyl/N-ethyl adjacent to an activating group) is 1. The number of anilines is 2. The van der Waals surface area contributed by atoms with Gasteiger partial charge >= 0.3 is 5.97 Å². The maximum Gasteiger partial charge on any atom is 0.304 e. The van der Waals surface area contributed by atoms with E-state index in [0.717, 1.165) is 85.9 Å². The lowest BCUT2D eigenvalue weighted by Crippen LogP contribution is -2.46. The summed E-state index contributed by atoms with van der Waals surface area (Å²) < 4.78 is 0. The van der Waals surface area contributed by atoms with Crippen LogP contribution in [0.1, 0.15) is 40.9 Å². The molecule has 222 valence electrons. The zero-order valence-corrected chi connectivity index (χ0v) is 25.1. The van der Waals surface area contributed by atoms with Crippen LogP contribution in [0.4, 0.5) is 11.4 Å². The normalized spacial score (nSPS) is 17.2. The molecule has 8 nitrogen and oxygen atoms in total. The molecule has 5 rings (SSSR count). The lowest BCUT2D eigenvalue weighted by Gasteiger charge is -2.36. The standard InChI is InChI=1S/C34H43N5O3/c1-25-10-11-31(38-18-14-36(3)15-19-38)24-32(25)34(42)35-26(2)27-6-4-7-28(22-27)29-8-5-9-30(23-29)39-20-16-37(17-21-39)13-12-33(40)41/h4-11,22-24,26H,12-21H2,1-3H3,(H,35,42)(H,40,41)/t26-/m1/s1. The van der Waals surface area contributed by atoms with Gasteiger partial charge in [0.15, 0.2) is 0 Å². The van der Waals surface area contributed by atoms with E-state index in [2.05, 4.69) is 92.6 Å². The molecule has 0 bridgehead atoms. The van der Waals surface area contributed by atoms with E-state index in [-0.39, 0.29) is 18.4 Å². The van der Waals surface area contributed by atoms with Crippen LogP contribution in [0.25, 0.3) is 11.1 Å². The first-order valence-electron chi connectivity index (χ1n) is 15.0. The van der Waals surface area contributed by atoms with Crippen molar-refractivity contribution >= 4 is 23.3 Å². The minimum Gasteiger partial charge on any atom is -0.481 e. The molecule has 2 fully saturated rings. The maximum atomic E-state index is 13.4. The molecule has 0 radical (unpaired) electrons. The van der Waals surface area contributed by atoms with Crippen LogP contribution in [0, 0.1) is 6.92 Å². The Kier molecular flexibility index (Phi) is 9.45. The number of carbonyl (C=O) groups excluding carboxylic acids is 1. The highest BCUT2D eigenvalue weighted by atomic mass is 16.4. The first-order chi connectivity index (χ1) is 20.3.